The Morgan fingerprint density at radius 1 is 1.58 bits per heavy atom. The Morgan fingerprint density at radius 2 is 2.33 bits per heavy atom. The van der Waals surface area contributed by atoms with E-state index in [0.717, 1.165) is 6.08 Å². The molecular weight excluding hydrogens is 160 g/mol. The molecule has 1 aliphatic heterocycles. The number of rotatable bonds is 2. The van der Waals surface area contributed by atoms with Crippen molar-refractivity contribution >= 4 is 5.97 Å². The Hall–Kier alpha value is -0.870. The van der Waals surface area contributed by atoms with Crippen LogP contribution in [0.15, 0.2) is 12.7 Å². The van der Waals surface area contributed by atoms with E-state index in [9.17, 15) is 4.79 Å². The molecule has 0 N–H and O–H groups in total. The maximum atomic E-state index is 10.7. The molecule has 12 heavy (non-hydrogen) atoms. The van der Waals surface area contributed by atoms with Gasteiger partial charge in [0.1, 0.15) is 6.61 Å². The highest BCUT2D eigenvalue weighted by molar-refractivity contribution is 5.81. The molecule has 4 heteroatoms. The Labute approximate surface area is 71.1 Å². The van der Waals surface area contributed by atoms with Crippen LogP contribution in [0.1, 0.15) is 6.92 Å². The lowest BCUT2D eigenvalue weighted by atomic mass is 10.4. The van der Waals surface area contributed by atoms with Crippen molar-refractivity contribution in [1.29, 1.82) is 0 Å². The van der Waals surface area contributed by atoms with Crippen LogP contribution in [0.4, 0.5) is 0 Å². The minimum atomic E-state index is -0.577. The SMILES string of the molecule is C=CC(=O)OC1COC(C)CO1. The quantitative estimate of drug-likeness (QED) is 0.449. The molecule has 68 valence electrons. The van der Waals surface area contributed by atoms with Crippen molar-refractivity contribution < 1.29 is 19.0 Å². The van der Waals surface area contributed by atoms with Gasteiger partial charge in [-0.05, 0) is 6.92 Å². The van der Waals surface area contributed by atoms with Gasteiger partial charge >= 0.3 is 5.97 Å². The summed E-state index contributed by atoms with van der Waals surface area (Å²) in [5, 5.41) is 0. The van der Waals surface area contributed by atoms with Crippen molar-refractivity contribution in [2.45, 2.75) is 19.3 Å². The highest BCUT2D eigenvalue weighted by Gasteiger charge is 2.21. The van der Waals surface area contributed by atoms with E-state index >= 15 is 0 Å². The average molecular weight is 172 g/mol. The van der Waals surface area contributed by atoms with Gasteiger partial charge in [-0.15, -0.1) is 0 Å². The molecule has 0 bridgehead atoms. The molecule has 0 aliphatic carbocycles. The zero-order valence-electron chi connectivity index (χ0n) is 6.99. The lowest BCUT2D eigenvalue weighted by molar-refractivity contribution is -0.225. The van der Waals surface area contributed by atoms with Gasteiger partial charge in [0, 0.05) is 6.08 Å². The van der Waals surface area contributed by atoms with E-state index in [-0.39, 0.29) is 6.10 Å². The predicted octanol–water partition coefficient (Wildman–Crippen LogP) is 0.477. The summed E-state index contributed by atoms with van der Waals surface area (Å²) in [7, 11) is 0. The van der Waals surface area contributed by atoms with Crippen LogP contribution in [0.2, 0.25) is 0 Å². The molecule has 2 atom stereocenters. The van der Waals surface area contributed by atoms with Gasteiger partial charge in [0.15, 0.2) is 0 Å². The molecule has 1 saturated heterocycles. The molecule has 1 rings (SSSR count). The normalized spacial score (nSPS) is 29.4. The van der Waals surface area contributed by atoms with Gasteiger partial charge in [0.2, 0.25) is 6.29 Å². The molecule has 2 unspecified atom stereocenters. The van der Waals surface area contributed by atoms with Gasteiger partial charge in [0.05, 0.1) is 12.7 Å². The molecule has 1 heterocycles. The largest absolute Gasteiger partial charge is 0.430 e. The molecule has 1 fully saturated rings. The van der Waals surface area contributed by atoms with E-state index < -0.39 is 12.3 Å². The van der Waals surface area contributed by atoms with E-state index in [0.29, 0.717) is 13.2 Å². The van der Waals surface area contributed by atoms with Crippen LogP contribution in [0.3, 0.4) is 0 Å². The fraction of sp³-hybridized carbons (Fsp3) is 0.625. The van der Waals surface area contributed by atoms with Crippen LogP contribution in [0.5, 0.6) is 0 Å². The zero-order valence-corrected chi connectivity index (χ0v) is 6.99. The summed E-state index contributed by atoms with van der Waals surface area (Å²) in [4.78, 5) is 10.7. The van der Waals surface area contributed by atoms with E-state index in [4.69, 9.17) is 14.2 Å². The fourth-order valence-electron chi connectivity index (χ4n) is 0.828. The Bertz CT molecular complexity index is 170. The zero-order chi connectivity index (χ0) is 8.97. The van der Waals surface area contributed by atoms with Gasteiger partial charge in [-0.1, -0.05) is 6.58 Å². The van der Waals surface area contributed by atoms with E-state index in [1.54, 1.807) is 0 Å². The van der Waals surface area contributed by atoms with Gasteiger partial charge in [-0.25, -0.2) is 4.79 Å². The van der Waals surface area contributed by atoms with E-state index in [1.165, 1.54) is 0 Å². The van der Waals surface area contributed by atoms with Crippen LogP contribution in [0, 0.1) is 0 Å². The van der Waals surface area contributed by atoms with Crippen LogP contribution < -0.4 is 0 Å². The Morgan fingerprint density at radius 3 is 2.83 bits per heavy atom. The van der Waals surface area contributed by atoms with Crippen molar-refractivity contribution in [2.24, 2.45) is 0 Å². The molecule has 0 aromatic rings. The molecule has 0 aromatic heterocycles. The van der Waals surface area contributed by atoms with Crippen LogP contribution in [-0.4, -0.2) is 31.6 Å². The second-order valence-corrected chi connectivity index (χ2v) is 2.55. The summed E-state index contributed by atoms with van der Waals surface area (Å²) in [6.07, 6.45) is 0.594. The standard InChI is InChI=1S/C8H12O4/c1-3-7(9)12-8-5-10-6(2)4-11-8/h3,6,8H,1,4-5H2,2H3. The number of carbonyl (C=O) groups is 1. The second-order valence-electron chi connectivity index (χ2n) is 2.55. The summed E-state index contributed by atoms with van der Waals surface area (Å²) in [6.45, 7) is 5.91. The Kier molecular flexibility index (Phi) is 3.25. The third kappa shape index (κ3) is 2.64. The first-order valence-electron chi connectivity index (χ1n) is 3.78. The number of ether oxygens (including phenoxy) is 3. The number of hydrogen-bond donors (Lipinski definition) is 0. The predicted molar refractivity (Wildman–Crippen MR) is 41.4 cm³/mol. The van der Waals surface area contributed by atoms with Crippen molar-refractivity contribution in [2.75, 3.05) is 13.2 Å². The summed E-state index contributed by atoms with van der Waals surface area (Å²) in [5.74, 6) is -0.488. The molecule has 1 aliphatic rings. The number of hydrogen-bond acceptors (Lipinski definition) is 4. The highest BCUT2D eigenvalue weighted by atomic mass is 16.7. The van der Waals surface area contributed by atoms with Gasteiger partial charge in [-0.2, -0.15) is 0 Å². The second kappa shape index (κ2) is 4.23. The van der Waals surface area contributed by atoms with E-state index in [2.05, 4.69) is 6.58 Å². The average Bonchev–Trinajstić information content (AvgIpc) is 2.09. The summed E-state index contributed by atoms with van der Waals surface area (Å²) in [5.41, 5.74) is 0. The van der Waals surface area contributed by atoms with Crippen LogP contribution in [-0.2, 0) is 19.0 Å². The summed E-state index contributed by atoms with van der Waals surface area (Å²) >= 11 is 0. The van der Waals surface area contributed by atoms with Crippen molar-refractivity contribution in [3.05, 3.63) is 12.7 Å². The third-order valence-electron chi connectivity index (χ3n) is 1.45. The molecule has 0 amide bonds. The lowest BCUT2D eigenvalue weighted by Gasteiger charge is -2.26. The first-order valence-corrected chi connectivity index (χ1v) is 3.78. The molecule has 0 saturated carbocycles. The molecular formula is C8H12O4. The van der Waals surface area contributed by atoms with Gasteiger partial charge in [0.25, 0.3) is 0 Å². The topological polar surface area (TPSA) is 44.8 Å². The maximum Gasteiger partial charge on any atom is 0.332 e. The molecule has 0 aromatic carbocycles. The highest BCUT2D eigenvalue weighted by Crippen LogP contribution is 2.07. The number of esters is 1. The smallest absolute Gasteiger partial charge is 0.332 e. The van der Waals surface area contributed by atoms with Crippen LogP contribution in [0.25, 0.3) is 0 Å². The monoisotopic (exact) mass is 172 g/mol. The third-order valence-corrected chi connectivity index (χ3v) is 1.45. The minimum Gasteiger partial charge on any atom is -0.430 e. The van der Waals surface area contributed by atoms with Crippen molar-refractivity contribution in [3.63, 3.8) is 0 Å². The number of carbonyl (C=O) groups excluding carboxylic acids is 1. The first-order chi connectivity index (χ1) is 5.72. The maximum absolute atomic E-state index is 10.7. The molecule has 0 spiro atoms. The lowest BCUT2D eigenvalue weighted by Crippen LogP contribution is -2.36. The van der Waals surface area contributed by atoms with Crippen molar-refractivity contribution in [3.8, 4) is 0 Å². The van der Waals surface area contributed by atoms with E-state index in [1.807, 2.05) is 6.92 Å². The summed E-state index contributed by atoms with van der Waals surface area (Å²) in [6, 6.07) is 0. The van der Waals surface area contributed by atoms with Crippen LogP contribution >= 0.6 is 0 Å². The molecule has 0 radical (unpaired) electrons. The summed E-state index contributed by atoms with van der Waals surface area (Å²) < 4.78 is 15.1. The van der Waals surface area contributed by atoms with Gasteiger partial charge in [-0.3, -0.25) is 0 Å². The van der Waals surface area contributed by atoms with Crippen molar-refractivity contribution in [1.82, 2.24) is 0 Å². The van der Waals surface area contributed by atoms with Gasteiger partial charge < -0.3 is 14.2 Å². The minimum absolute atomic E-state index is 0.0729. The first kappa shape index (κ1) is 9.22. The Balaban J connectivity index is 2.26. The fourth-order valence-corrected chi connectivity index (χ4v) is 0.828. The molecule has 4 nitrogen and oxygen atoms in total.